The van der Waals surface area contributed by atoms with Crippen LogP contribution in [0.25, 0.3) is 0 Å². The van der Waals surface area contributed by atoms with Crippen molar-refractivity contribution >= 4 is 28.7 Å². The number of anilines is 1. The molecule has 0 aliphatic rings. The van der Waals surface area contributed by atoms with Crippen LogP contribution in [0.3, 0.4) is 0 Å². The third kappa shape index (κ3) is 6.10. The van der Waals surface area contributed by atoms with Crippen molar-refractivity contribution in [3.63, 3.8) is 0 Å². The first-order chi connectivity index (χ1) is 13.1. The van der Waals surface area contributed by atoms with E-state index in [-0.39, 0.29) is 18.1 Å². The van der Waals surface area contributed by atoms with Crippen LogP contribution in [0, 0.1) is 0 Å². The number of hydrogen-bond donors (Lipinski definition) is 2. The number of rotatable bonds is 10. The summed E-state index contributed by atoms with van der Waals surface area (Å²) in [5.74, 6) is 0.217. The van der Waals surface area contributed by atoms with Crippen LogP contribution in [-0.2, 0) is 22.4 Å². The maximum atomic E-state index is 11.5. The summed E-state index contributed by atoms with van der Waals surface area (Å²) < 4.78 is 10.4. The number of ether oxygens (including phenoxy) is 2. The molecule has 0 atom stereocenters. The van der Waals surface area contributed by atoms with Gasteiger partial charge in [0.1, 0.15) is 0 Å². The van der Waals surface area contributed by atoms with Crippen LogP contribution < -0.4 is 10.2 Å². The van der Waals surface area contributed by atoms with Crippen LogP contribution in [-0.4, -0.2) is 35.5 Å². The van der Waals surface area contributed by atoms with Crippen molar-refractivity contribution in [3.8, 4) is 11.5 Å². The Kier molecular flexibility index (Phi) is 7.81. The minimum Gasteiger partial charge on any atom is -0.504 e. The highest BCUT2D eigenvalue weighted by Crippen LogP contribution is 2.32. The average Bonchev–Trinajstić information content (AvgIpc) is 3.06. The van der Waals surface area contributed by atoms with E-state index in [4.69, 9.17) is 9.47 Å². The van der Waals surface area contributed by atoms with E-state index in [0.29, 0.717) is 41.8 Å². The number of benzene rings is 1. The van der Waals surface area contributed by atoms with E-state index in [0.717, 1.165) is 5.56 Å². The number of carbonyl (C=O) groups excluding carboxylic acids is 1. The molecular weight excluding hydrogens is 366 g/mol. The zero-order chi connectivity index (χ0) is 19.6. The second-order valence-corrected chi connectivity index (χ2v) is 6.31. The van der Waals surface area contributed by atoms with E-state index < -0.39 is 0 Å². The highest BCUT2D eigenvalue weighted by Gasteiger charge is 2.10. The van der Waals surface area contributed by atoms with Gasteiger partial charge >= 0.3 is 5.97 Å². The number of esters is 1. The zero-order valence-electron chi connectivity index (χ0n) is 15.4. The first-order valence-corrected chi connectivity index (χ1v) is 9.44. The number of allylic oxidation sites excluding steroid dienone is 1. The summed E-state index contributed by atoms with van der Waals surface area (Å²) in [4.78, 5) is 15.8. The van der Waals surface area contributed by atoms with Gasteiger partial charge in [0.2, 0.25) is 5.13 Å². The summed E-state index contributed by atoms with van der Waals surface area (Å²) in [6, 6.07) is 3.53. The second-order valence-electron chi connectivity index (χ2n) is 5.45. The summed E-state index contributed by atoms with van der Waals surface area (Å²) >= 11 is 1.35. The molecule has 2 rings (SSSR count). The second kappa shape index (κ2) is 10.3. The number of aromatic hydroxyl groups is 1. The summed E-state index contributed by atoms with van der Waals surface area (Å²) in [6.45, 7) is 8.12. The van der Waals surface area contributed by atoms with Crippen molar-refractivity contribution in [2.75, 3.05) is 18.6 Å². The van der Waals surface area contributed by atoms with Crippen molar-refractivity contribution < 1.29 is 19.4 Å². The molecule has 0 amide bonds. The molecule has 0 radical (unpaired) electrons. The monoisotopic (exact) mass is 389 g/mol. The average molecular weight is 389 g/mol. The third-order valence-electron chi connectivity index (χ3n) is 3.40. The fourth-order valence-electron chi connectivity index (χ4n) is 2.30. The summed E-state index contributed by atoms with van der Waals surface area (Å²) in [5.41, 5.74) is 4.95. The van der Waals surface area contributed by atoms with Crippen LogP contribution in [0.15, 0.2) is 35.3 Å². The highest BCUT2D eigenvalue weighted by molar-refractivity contribution is 7.13. The molecule has 1 heterocycles. The van der Waals surface area contributed by atoms with Gasteiger partial charge in [-0.1, -0.05) is 6.08 Å². The number of hydrogen-bond acceptors (Lipinski definition) is 8. The molecular formula is C19H23N3O4S. The Balaban J connectivity index is 2.06. The number of nitrogens with zero attached hydrogens (tertiary/aromatic N) is 2. The van der Waals surface area contributed by atoms with Gasteiger partial charge in [0.25, 0.3) is 0 Å². The molecule has 27 heavy (non-hydrogen) atoms. The van der Waals surface area contributed by atoms with Gasteiger partial charge in [-0.3, -0.25) is 10.2 Å². The Labute approximate surface area is 162 Å². The molecule has 8 heteroatoms. The van der Waals surface area contributed by atoms with E-state index in [1.165, 1.54) is 11.3 Å². The smallest absolute Gasteiger partial charge is 0.311 e. The normalized spacial score (nSPS) is 10.7. The third-order valence-corrected chi connectivity index (χ3v) is 4.19. The predicted octanol–water partition coefficient (Wildman–Crippen LogP) is 3.53. The Bertz CT molecular complexity index is 817. The van der Waals surface area contributed by atoms with E-state index in [1.54, 1.807) is 30.7 Å². The minimum absolute atomic E-state index is 0.116. The van der Waals surface area contributed by atoms with Crippen LogP contribution in [0.4, 0.5) is 5.13 Å². The van der Waals surface area contributed by atoms with Gasteiger partial charge in [-0.15, -0.1) is 17.9 Å². The molecule has 0 bridgehead atoms. The minimum atomic E-state index is -0.305. The molecule has 0 fully saturated rings. The van der Waals surface area contributed by atoms with Crippen molar-refractivity contribution in [2.45, 2.75) is 26.7 Å². The molecule has 144 valence electrons. The van der Waals surface area contributed by atoms with Crippen molar-refractivity contribution in [1.29, 1.82) is 0 Å². The molecule has 1 aromatic carbocycles. The summed E-state index contributed by atoms with van der Waals surface area (Å²) in [7, 11) is 0. The molecule has 0 unspecified atom stereocenters. The van der Waals surface area contributed by atoms with Gasteiger partial charge < -0.3 is 14.6 Å². The summed E-state index contributed by atoms with van der Waals surface area (Å²) in [5, 5.41) is 16.7. The van der Waals surface area contributed by atoms with E-state index in [1.807, 2.05) is 13.0 Å². The topological polar surface area (TPSA) is 93.0 Å². The number of aromatic nitrogens is 1. The van der Waals surface area contributed by atoms with Crippen LogP contribution in [0.1, 0.15) is 30.7 Å². The highest BCUT2D eigenvalue weighted by atomic mass is 32.1. The van der Waals surface area contributed by atoms with Crippen molar-refractivity contribution in [1.82, 2.24) is 4.98 Å². The fraction of sp³-hybridized carbons (Fsp3) is 0.316. The van der Waals surface area contributed by atoms with Crippen molar-refractivity contribution in [3.05, 3.63) is 47.0 Å². The lowest BCUT2D eigenvalue weighted by molar-refractivity contribution is -0.142. The number of phenols is 1. The van der Waals surface area contributed by atoms with Crippen LogP contribution >= 0.6 is 11.3 Å². The van der Waals surface area contributed by atoms with Gasteiger partial charge in [-0.05, 0) is 38.0 Å². The first kappa shape index (κ1) is 20.4. The Hall–Kier alpha value is -2.87. The number of phenolic OH excluding ortho intramolecular Hbond substituents is 1. The lowest BCUT2D eigenvalue weighted by Crippen LogP contribution is -2.07. The Morgan fingerprint density at radius 3 is 2.93 bits per heavy atom. The lowest BCUT2D eigenvalue weighted by Gasteiger charge is -2.10. The number of hydrazone groups is 1. The lowest BCUT2D eigenvalue weighted by atomic mass is 10.1. The van der Waals surface area contributed by atoms with Gasteiger partial charge in [-0.2, -0.15) is 5.10 Å². The zero-order valence-corrected chi connectivity index (χ0v) is 16.2. The molecule has 0 aliphatic carbocycles. The standard InChI is InChI=1S/C19H23N3O4S/c1-4-7-14-8-13(9-16(18(14)24)25-5-2)11-20-22-19-21-15(12-27-19)10-17(23)26-6-3/h4,8-9,11-12,24H,1,5-7,10H2,2-3H3,(H,21,22). The first-order valence-electron chi connectivity index (χ1n) is 8.56. The van der Waals surface area contributed by atoms with Gasteiger partial charge in [-0.25, -0.2) is 4.98 Å². The molecule has 0 spiro atoms. The molecule has 0 saturated carbocycles. The molecule has 0 saturated heterocycles. The van der Waals surface area contributed by atoms with Gasteiger partial charge in [0.05, 0.1) is 31.5 Å². The number of thiazole rings is 1. The molecule has 0 aliphatic heterocycles. The van der Waals surface area contributed by atoms with E-state index >= 15 is 0 Å². The predicted molar refractivity (Wildman–Crippen MR) is 107 cm³/mol. The molecule has 7 nitrogen and oxygen atoms in total. The largest absolute Gasteiger partial charge is 0.504 e. The Morgan fingerprint density at radius 1 is 1.41 bits per heavy atom. The molecule has 2 aromatic rings. The van der Waals surface area contributed by atoms with E-state index in [9.17, 15) is 9.90 Å². The molecule has 2 N–H and O–H groups in total. The van der Waals surface area contributed by atoms with Gasteiger partial charge in [0, 0.05) is 10.9 Å². The number of nitrogens with one attached hydrogen (secondary N) is 1. The van der Waals surface area contributed by atoms with Crippen LogP contribution in [0.2, 0.25) is 0 Å². The fourth-order valence-corrected chi connectivity index (χ4v) is 2.96. The Morgan fingerprint density at radius 2 is 2.22 bits per heavy atom. The maximum absolute atomic E-state index is 11.5. The van der Waals surface area contributed by atoms with Gasteiger partial charge in [0.15, 0.2) is 11.5 Å². The number of carbonyl (C=O) groups is 1. The molecule has 1 aromatic heterocycles. The summed E-state index contributed by atoms with van der Waals surface area (Å²) in [6.07, 6.45) is 3.98. The van der Waals surface area contributed by atoms with Crippen molar-refractivity contribution in [2.24, 2.45) is 5.10 Å². The van der Waals surface area contributed by atoms with Crippen LogP contribution in [0.5, 0.6) is 11.5 Å². The van der Waals surface area contributed by atoms with E-state index in [2.05, 4.69) is 22.1 Å². The SMILES string of the molecule is C=CCc1cc(C=NNc2nc(CC(=O)OCC)cs2)cc(OCC)c1O. The quantitative estimate of drug-likeness (QED) is 0.279. The maximum Gasteiger partial charge on any atom is 0.311 e.